The largest absolute Gasteiger partial charge is 0.504 e. The Morgan fingerprint density at radius 1 is 1.18 bits per heavy atom. The van der Waals surface area contributed by atoms with Crippen LogP contribution < -0.4 is 10.9 Å². The van der Waals surface area contributed by atoms with Crippen molar-refractivity contribution in [1.82, 2.24) is 34.0 Å². The van der Waals surface area contributed by atoms with Gasteiger partial charge in [-0.1, -0.05) is 17.7 Å². The monoisotopic (exact) mass is 700 g/mol. The lowest BCUT2D eigenvalue weighted by Crippen LogP contribution is -2.47. The van der Waals surface area contributed by atoms with Gasteiger partial charge in [0.25, 0.3) is 11.5 Å². The molecule has 2 amide bonds. The highest BCUT2D eigenvalue weighted by molar-refractivity contribution is 6.33. The van der Waals surface area contributed by atoms with E-state index in [0.29, 0.717) is 31.2 Å². The molecule has 0 bridgehead atoms. The van der Waals surface area contributed by atoms with Crippen LogP contribution in [-0.2, 0) is 39.2 Å². The number of aromatic hydroxyl groups is 1. The third kappa shape index (κ3) is 5.80. The van der Waals surface area contributed by atoms with E-state index in [1.165, 1.54) is 15.8 Å². The first-order chi connectivity index (χ1) is 23.4. The Hall–Kier alpha value is -4.87. The molecule has 0 aliphatic carbocycles. The number of piperidine rings is 1. The normalized spacial score (nSPS) is 17.3. The summed E-state index contributed by atoms with van der Waals surface area (Å²) < 4.78 is 53.8. The van der Waals surface area contributed by atoms with E-state index in [1.54, 1.807) is 6.92 Å². The van der Waals surface area contributed by atoms with Gasteiger partial charge in [0, 0.05) is 13.1 Å². The molecule has 1 aromatic carbocycles. The van der Waals surface area contributed by atoms with Gasteiger partial charge in [0.15, 0.2) is 17.3 Å². The Labute approximate surface area is 280 Å². The molecule has 3 aliphatic rings. The van der Waals surface area contributed by atoms with E-state index in [0.717, 1.165) is 28.3 Å². The molecule has 6 heterocycles. The molecule has 0 atom stereocenters. The molecule has 1 spiro atoms. The number of carbonyl (C=O) groups excluding carboxylic acids is 2. The molecular weight excluding hydrogens is 673 g/mol. The maximum atomic E-state index is 14.2. The van der Waals surface area contributed by atoms with Crippen LogP contribution in [0.3, 0.4) is 0 Å². The van der Waals surface area contributed by atoms with Crippen molar-refractivity contribution in [2.75, 3.05) is 31.6 Å². The molecule has 14 nitrogen and oxygen atoms in total. The van der Waals surface area contributed by atoms with Gasteiger partial charge in [-0.15, -0.1) is 5.10 Å². The van der Waals surface area contributed by atoms with Crippen LogP contribution in [0.5, 0.6) is 5.75 Å². The minimum Gasteiger partial charge on any atom is -0.504 e. The Morgan fingerprint density at radius 2 is 1.96 bits per heavy atom. The molecule has 2 N–H and O–H groups in total. The molecule has 18 heteroatoms. The molecular formula is C31H28ClF3N8O6. The van der Waals surface area contributed by atoms with Gasteiger partial charge in [0.1, 0.15) is 18.5 Å². The minimum atomic E-state index is -4.62. The zero-order chi connectivity index (χ0) is 34.7. The first-order valence-corrected chi connectivity index (χ1v) is 15.6. The van der Waals surface area contributed by atoms with Gasteiger partial charge in [0.2, 0.25) is 11.7 Å². The number of aryl methyl sites for hydroxylation is 1. The predicted molar refractivity (Wildman–Crippen MR) is 166 cm³/mol. The highest BCUT2D eigenvalue weighted by Gasteiger charge is 2.48. The Kier molecular flexibility index (Phi) is 8.15. The molecule has 4 aromatic rings. The maximum Gasteiger partial charge on any atom is 0.416 e. The van der Waals surface area contributed by atoms with Crippen molar-refractivity contribution >= 4 is 40.5 Å². The summed E-state index contributed by atoms with van der Waals surface area (Å²) in [6.07, 6.45) is -0.661. The van der Waals surface area contributed by atoms with E-state index in [4.69, 9.17) is 21.1 Å². The standard InChI is InChI=1S/C31H28ClF3N8O6/c1-16-25(45)24(37-15-36-16)28(47)41-8-6-30(7-9-41)23-21(14-49-30)42(13-22(44)38-20-3-2-18(12-19(20)32)31(33,34)35)29-39-26(40-43(29)27(23)46)17-4-10-48-11-5-17/h2-4,12,15,45H,5-11,13-14H2,1H3,(H,38,44). The van der Waals surface area contributed by atoms with Crippen molar-refractivity contribution in [2.24, 2.45) is 0 Å². The lowest BCUT2D eigenvalue weighted by Gasteiger charge is -2.38. The number of halogens is 4. The second kappa shape index (κ2) is 12.2. The third-order valence-electron chi connectivity index (χ3n) is 8.98. The molecule has 0 saturated carbocycles. The number of nitrogens with zero attached hydrogens (tertiary/aromatic N) is 7. The third-order valence-corrected chi connectivity index (χ3v) is 9.29. The van der Waals surface area contributed by atoms with Crippen LogP contribution in [0, 0.1) is 6.92 Å². The van der Waals surface area contributed by atoms with Gasteiger partial charge in [-0.3, -0.25) is 14.4 Å². The lowest BCUT2D eigenvalue weighted by atomic mass is 9.85. The number of alkyl halides is 3. The molecule has 0 radical (unpaired) electrons. The summed E-state index contributed by atoms with van der Waals surface area (Å²) in [6, 6.07) is 2.60. The summed E-state index contributed by atoms with van der Waals surface area (Å²) in [7, 11) is 0. The SMILES string of the molecule is Cc1ncnc(C(=O)N2CCC3(CC2)OCc2c3c(=O)n3nc(C4=CCOCC4)nc3n2CC(=O)Nc2ccc(C(F)(F)F)cc2Cl)c1O. The van der Waals surface area contributed by atoms with Gasteiger partial charge in [-0.25, -0.2) is 9.97 Å². The van der Waals surface area contributed by atoms with Gasteiger partial charge in [-0.2, -0.15) is 22.7 Å². The van der Waals surface area contributed by atoms with E-state index in [2.05, 4.69) is 25.4 Å². The first kappa shape index (κ1) is 32.7. The molecule has 3 aliphatic heterocycles. The van der Waals surface area contributed by atoms with Crippen molar-refractivity contribution in [3.63, 3.8) is 0 Å². The van der Waals surface area contributed by atoms with Gasteiger partial charge in [-0.05, 0) is 50.0 Å². The van der Waals surface area contributed by atoms with Crippen LogP contribution >= 0.6 is 11.6 Å². The van der Waals surface area contributed by atoms with Gasteiger partial charge < -0.3 is 29.4 Å². The summed E-state index contributed by atoms with van der Waals surface area (Å²) >= 11 is 6.09. The van der Waals surface area contributed by atoms with Crippen molar-refractivity contribution in [3.8, 4) is 5.75 Å². The second-order valence-corrected chi connectivity index (χ2v) is 12.3. The predicted octanol–water partition coefficient (Wildman–Crippen LogP) is 3.47. The second-order valence-electron chi connectivity index (χ2n) is 11.9. The summed E-state index contributed by atoms with van der Waals surface area (Å²) in [5.74, 6) is -1.08. The summed E-state index contributed by atoms with van der Waals surface area (Å²) in [4.78, 5) is 54.9. The van der Waals surface area contributed by atoms with Crippen LogP contribution in [0.25, 0.3) is 11.4 Å². The topological polar surface area (TPSA) is 166 Å². The number of fused-ring (bicyclic) bond motifs is 3. The fourth-order valence-corrected chi connectivity index (χ4v) is 6.61. The van der Waals surface area contributed by atoms with Crippen LogP contribution in [0.2, 0.25) is 5.02 Å². The molecule has 0 unspecified atom stereocenters. The van der Waals surface area contributed by atoms with Crippen molar-refractivity contribution in [3.05, 3.63) is 80.0 Å². The highest BCUT2D eigenvalue weighted by atomic mass is 35.5. The van der Waals surface area contributed by atoms with Crippen molar-refractivity contribution in [2.45, 2.75) is 51.1 Å². The Balaban J connectivity index is 1.23. The number of nitrogens with one attached hydrogen (secondary N) is 1. The quantitative estimate of drug-likeness (QED) is 0.315. The average molecular weight is 701 g/mol. The zero-order valence-electron chi connectivity index (χ0n) is 25.9. The van der Waals surface area contributed by atoms with Crippen LogP contribution in [0.1, 0.15) is 58.1 Å². The first-order valence-electron chi connectivity index (χ1n) is 15.3. The number of rotatable bonds is 5. The fourth-order valence-electron chi connectivity index (χ4n) is 6.38. The van der Waals surface area contributed by atoms with E-state index in [-0.39, 0.29) is 71.7 Å². The average Bonchev–Trinajstić information content (AvgIpc) is 3.69. The van der Waals surface area contributed by atoms with Gasteiger partial charge in [0.05, 0.1) is 53.0 Å². The Bertz CT molecular complexity index is 2110. The lowest BCUT2D eigenvalue weighted by molar-refractivity contribution is -0.137. The molecule has 3 aromatic heterocycles. The van der Waals surface area contributed by atoms with Crippen molar-refractivity contribution < 1.29 is 37.3 Å². The number of hydrogen-bond acceptors (Lipinski definition) is 10. The van der Waals surface area contributed by atoms with E-state index < -0.39 is 41.3 Å². The van der Waals surface area contributed by atoms with Crippen LogP contribution in [-0.4, -0.2) is 77.3 Å². The minimum absolute atomic E-state index is 0.0300. The summed E-state index contributed by atoms with van der Waals surface area (Å²) in [5, 5.41) is 17.1. The smallest absolute Gasteiger partial charge is 0.416 e. The van der Waals surface area contributed by atoms with E-state index in [1.807, 2.05) is 6.08 Å². The summed E-state index contributed by atoms with van der Waals surface area (Å²) in [5.41, 5.74) is -1.05. The zero-order valence-corrected chi connectivity index (χ0v) is 26.6. The van der Waals surface area contributed by atoms with Crippen molar-refractivity contribution in [1.29, 1.82) is 0 Å². The number of likely N-dealkylation sites (tertiary alicyclic amines) is 1. The van der Waals surface area contributed by atoms with Gasteiger partial charge >= 0.3 is 6.18 Å². The number of aromatic nitrogens is 6. The number of benzene rings is 1. The number of ether oxygens (including phenoxy) is 2. The molecule has 49 heavy (non-hydrogen) atoms. The highest BCUT2D eigenvalue weighted by Crippen LogP contribution is 2.43. The van der Waals surface area contributed by atoms with Crippen LogP contribution in [0.4, 0.5) is 18.9 Å². The number of anilines is 1. The number of carbonyl (C=O) groups is 2. The van der Waals surface area contributed by atoms with E-state index in [9.17, 15) is 32.7 Å². The van der Waals surface area contributed by atoms with E-state index >= 15 is 0 Å². The molecule has 1 fully saturated rings. The molecule has 1 saturated heterocycles. The number of amides is 2. The fraction of sp³-hybridized carbons (Fsp3) is 0.387. The summed E-state index contributed by atoms with van der Waals surface area (Å²) in [6.45, 7) is 2.22. The maximum absolute atomic E-state index is 14.2. The number of hydrogen-bond donors (Lipinski definition) is 2. The van der Waals surface area contributed by atoms with Crippen LogP contribution in [0.15, 0.2) is 35.4 Å². The molecule has 7 rings (SSSR count). The Morgan fingerprint density at radius 3 is 2.65 bits per heavy atom. The molecule has 256 valence electrons.